The molecule has 0 spiro atoms. The molecule has 2 aromatic carbocycles. The monoisotopic (exact) mass is 604 g/mol. The number of aliphatic hydroxyl groups excluding tert-OH is 3. The van der Waals surface area contributed by atoms with Crippen molar-refractivity contribution in [3.8, 4) is 0 Å². The van der Waals surface area contributed by atoms with Crippen LogP contribution >= 0.6 is 22.6 Å². The smallest absolute Gasteiger partial charge is 0.307 e. The van der Waals surface area contributed by atoms with E-state index in [1.807, 2.05) is 12.1 Å². The quantitative estimate of drug-likeness (QED) is 0.115. The van der Waals surface area contributed by atoms with E-state index in [0.29, 0.717) is 25.1 Å². The number of carboxylic acid groups (broad SMARTS) is 2. The number of carbonyl (C=O) groups is 2. The van der Waals surface area contributed by atoms with E-state index in [9.17, 15) is 9.59 Å². The summed E-state index contributed by atoms with van der Waals surface area (Å²) in [6.07, 6.45) is 2.35. The largest absolute Gasteiger partial charge is 0.481 e. The van der Waals surface area contributed by atoms with Gasteiger partial charge in [-0.15, -0.1) is 0 Å². The van der Waals surface area contributed by atoms with E-state index >= 15 is 0 Å². The van der Waals surface area contributed by atoms with Gasteiger partial charge in [-0.2, -0.15) is 0 Å². The SMILES string of the molecule is Nc1ccc(CC(=O)O)cc1.O=C(O)Cc1ccc(N(CCCO)CCCO)cc1.OCCCI. The van der Waals surface area contributed by atoms with Gasteiger partial charge < -0.3 is 36.2 Å². The summed E-state index contributed by atoms with van der Waals surface area (Å²) in [5, 5.41) is 43.0. The number of nitrogens with two attached hydrogens (primary N) is 1. The van der Waals surface area contributed by atoms with Crippen LogP contribution in [0.2, 0.25) is 0 Å². The lowest BCUT2D eigenvalue weighted by atomic mass is 10.1. The predicted octanol–water partition coefficient (Wildman–Crippen LogP) is 2.58. The molecule has 0 radical (unpaired) electrons. The van der Waals surface area contributed by atoms with Crippen molar-refractivity contribution in [2.75, 3.05) is 48.0 Å². The van der Waals surface area contributed by atoms with Gasteiger partial charge >= 0.3 is 11.9 Å². The number of halogens is 1. The Morgan fingerprint density at radius 1 is 0.714 bits per heavy atom. The fraction of sp³-hybridized carbons (Fsp3) is 0.440. The van der Waals surface area contributed by atoms with E-state index < -0.39 is 11.9 Å². The molecular formula is C25H37IN2O7. The van der Waals surface area contributed by atoms with Crippen LogP contribution in [0.4, 0.5) is 11.4 Å². The average molecular weight is 604 g/mol. The van der Waals surface area contributed by atoms with Gasteiger partial charge in [-0.1, -0.05) is 46.9 Å². The van der Waals surface area contributed by atoms with E-state index in [-0.39, 0.29) is 26.1 Å². The van der Waals surface area contributed by atoms with Crippen LogP contribution < -0.4 is 10.6 Å². The Kier molecular flexibility index (Phi) is 19.5. The van der Waals surface area contributed by atoms with Crippen LogP contribution in [0.3, 0.4) is 0 Å². The number of benzene rings is 2. The molecule has 0 aliphatic carbocycles. The maximum Gasteiger partial charge on any atom is 0.307 e. The number of nitrogen functional groups attached to an aromatic ring is 1. The standard InChI is InChI=1S/C14H21NO4.C8H9NO2.C3H7IO/c16-9-1-7-15(8-2-10-17)13-5-3-12(4-6-13)11-14(18)19;9-7-3-1-6(2-4-7)5-8(10)11;4-2-1-3-5/h3-6,16-17H,1-2,7-11H2,(H,18,19);1-4H,5,9H2,(H,10,11);5H,1-3H2. The fourth-order valence-electron chi connectivity index (χ4n) is 2.76. The molecule has 0 heterocycles. The van der Waals surface area contributed by atoms with Gasteiger partial charge in [-0.25, -0.2) is 0 Å². The van der Waals surface area contributed by atoms with Crippen molar-refractivity contribution in [3.63, 3.8) is 0 Å². The number of alkyl halides is 1. The second kappa shape index (κ2) is 20.9. The number of nitrogens with zero attached hydrogens (tertiary/aromatic N) is 1. The third-order valence-corrected chi connectivity index (χ3v) is 5.22. The highest BCUT2D eigenvalue weighted by Crippen LogP contribution is 2.16. The molecule has 0 atom stereocenters. The van der Waals surface area contributed by atoms with Crippen molar-refractivity contribution >= 4 is 45.9 Å². The van der Waals surface area contributed by atoms with Crippen molar-refractivity contribution in [1.29, 1.82) is 0 Å². The van der Waals surface area contributed by atoms with Crippen LogP contribution in [-0.2, 0) is 22.4 Å². The Hall–Kier alpha value is -2.41. The minimum absolute atomic E-state index is 0.0214. The molecule has 35 heavy (non-hydrogen) atoms. The Balaban J connectivity index is 0.000000605. The topological polar surface area (TPSA) is 165 Å². The van der Waals surface area contributed by atoms with Gasteiger partial charge in [-0.05, 0) is 54.7 Å². The predicted molar refractivity (Wildman–Crippen MR) is 146 cm³/mol. The molecule has 0 saturated carbocycles. The van der Waals surface area contributed by atoms with Crippen LogP contribution in [0, 0.1) is 0 Å². The van der Waals surface area contributed by atoms with Crippen LogP contribution in [0.1, 0.15) is 30.4 Å². The number of hydrogen-bond acceptors (Lipinski definition) is 7. The van der Waals surface area contributed by atoms with E-state index in [4.69, 9.17) is 31.3 Å². The lowest BCUT2D eigenvalue weighted by Crippen LogP contribution is -2.26. The maximum atomic E-state index is 10.6. The molecule has 10 heteroatoms. The van der Waals surface area contributed by atoms with Gasteiger partial charge in [0.05, 0.1) is 12.8 Å². The first kappa shape index (κ1) is 32.6. The van der Waals surface area contributed by atoms with E-state index in [0.717, 1.165) is 40.8 Å². The highest BCUT2D eigenvalue weighted by atomic mass is 127. The Bertz CT molecular complexity index is 808. The summed E-state index contributed by atoms with van der Waals surface area (Å²) in [5.41, 5.74) is 8.58. The van der Waals surface area contributed by atoms with Crippen LogP contribution in [0.15, 0.2) is 48.5 Å². The van der Waals surface area contributed by atoms with Gasteiger partial charge in [-0.3, -0.25) is 9.59 Å². The second-order valence-electron chi connectivity index (χ2n) is 7.46. The second-order valence-corrected chi connectivity index (χ2v) is 8.54. The Labute approximate surface area is 220 Å². The Morgan fingerprint density at radius 2 is 1.11 bits per heavy atom. The van der Waals surface area contributed by atoms with Gasteiger partial charge in [0, 0.05) is 48.7 Å². The third-order valence-electron chi connectivity index (χ3n) is 4.46. The molecule has 0 amide bonds. The van der Waals surface area contributed by atoms with Crippen molar-refractivity contribution in [1.82, 2.24) is 0 Å². The summed E-state index contributed by atoms with van der Waals surface area (Å²) in [6.45, 7) is 2.03. The number of aliphatic carboxylic acids is 2. The zero-order valence-electron chi connectivity index (χ0n) is 19.9. The number of rotatable bonds is 13. The molecule has 7 N–H and O–H groups in total. The molecule has 2 rings (SSSR count). The molecule has 9 nitrogen and oxygen atoms in total. The first-order chi connectivity index (χ1) is 16.8. The van der Waals surface area contributed by atoms with Crippen molar-refractivity contribution < 1.29 is 35.1 Å². The van der Waals surface area contributed by atoms with Gasteiger partial charge in [0.2, 0.25) is 0 Å². The third kappa shape index (κ3) is 17.6. The minimum atomic E-state index is -0.842. The molecule has 0 aromatic heterocycles. The summed E-state index contributed by atoms with van der Waals surface area (Å²) in [4.78, 5) is 22.9. The number of carboxylic acids is 2. The molecule has 0 saturated heterocycles. The average Bonchev–Trinajstić information content (AvgIpc) is 2.82. The molecule has 0 unspecified atom stereocenters. The first-order valence-corrected chi connectivity index (χ1v) is 12.8. The number of anilines is 2. The zero-order valence-corrected chi connectivity index (χ0v) is 22.0. The molecule has 0 fully saturated rings. The van der Waals surface area contributed by atoms with Crippen LogP contribution in [0.25, 0.3) is 0 Å². The van der Waals surface area contributed by atoms with Crippen LogP contribution in [-0.4, -0.2) is 74.8 Å². The lowest BCUT2D eigenvalue weighted by Gasteiger charge is -2.24. The van der Waals surface area contributed by atoms with Crippen molar-refractivity contribution in [2.45, 2.75) is 32.1 Å². The Morgan fingerprint density at radius 3 is 1.43 bits per heavy atom. The molecular weight excluding hydrogens is 567 g/mol. The van der Waals surface area contributed by atoms with Crippen molar-refractivity contribution in [3.05, 3.63) is 59.7 Å². The zero-order chi connectivity index (χ0) is 26.5. The molecule has 0 aliphatic rings. The highest BCUT2D eigenvalue weighted by molar-refractivity contribution is 14.1. The summed E-state index contributed by atoms with van der Waals surface area (Å²) >= 11 is 2.23. The molecule has 0 aliphatic heterocycles. The van der Waals surface area contributed by atoms with Crippen molar-refractivity contribution in [2.24, 2.45) is 0 Å². The number of hydrogen-bond donors (Lipinski definition) is 6. The summed E-state index contributed by atoms with van der Waals surface area (Å²) in [5.74, 6) is -1.67. The molecule has 196 valence electrons. The van der Waals surface area contributed by atoms with E-state index in [2.05, 4.69) is 27.5 Å². The minimum Gasteiger partial charge on any atom is -0.481 e. The summed E-state index contributed by atoms with van der Waals surface area (Å²) < 4.78 is 1.06. The maximum absolute atomic E-state index is 10.6. The molecule has 2 aromatic rings. The molecule has 0 bridgehead atoms. The van der Waals surface area contributed by atoms with Gasteiger partial charge in [0.1, 0.15) is 0 Å². The number of aliphatic hydroxyl groups is 3. The summed E-state index contributed by atoms with van der Waals surface area (Å²) in [7, 11) is 0. The summed E-state index contributed by atoms with van der Waals surface area (Å²) in [6, 6.07) is 14.2. The van der Waals surface area contributed by atoms with Gasteiger partial charge in [0.25, 0.3) is 0 Å². The van der Waals surface area contributed by atoms with E-state index in [1.165, 1.54) is 0 Å². The lowest BCUT2D eigenvalue weighted by molar-refractivity contribution is -0.137. The van der Waals surface area contributed by atoms with E-state index in [1.54, 1.807) is 36.4 Å². The normalized spacial score (nSPS) is 9.83. The fourth-order valence-corrected chi connectivity index (χ4v) is 3.10. The highest BCUT2D eigenvalue weighted by Gasteiger charge is 2.07. The first-order valence-electron chi connectivity index (χ1n) is 11.3. The van der Waals surface area contributed by atoms with Gasteiger partial charge in [0.15, 0.2) is 0 Å². The van der Waals surface area contributed by atoms with Crippen LogP contribution in [0.5, 0.6) is 0 Å².